The second kappa shape index (κ2) is 8.52. The third-order valence-corrected chi connectivity index (χ3v) is 3.47. The van der Waals surface area contributed by atoms with Crippen LogP contribution in [0, 0.1) is 5.92 Å². The van der Waals surface area contributed by atoms with E-state index in [9.17, 15) is 9.90 Å². The zero-order valence-corrected chi connectivity index (χ0v) is 11.9. The van der Waals surface area contributed by atoms with Crippen LogP contribution >= 0.6 is 0 Å². The molecule has 1 unspecified atom stereocenters. The van der Waals surface area contributed by atoms with E-state index in [1.807, 2.05) is 30.3 Å². The zero-order chi connectivity index (χ0) is 14.1. The maximum absolute atomic E-state index is 11.4. The number of hydrogen-bond donors (Lipinski definition) is 1. The fourth-order valence-electron chi connectivity index (χ4n) is 2.21. The third kappa shape index (κ3) is 5.73. The van der Waals surface area contributed by atoms with Crippen molar-refractivity contribution >= 4 is 12.0 Å². The Bertz CT molecular complexity index is 407. The Morgan fingerprint density at radius 3 is 2.47 bits per heavy atom. The molecule has 2 nitrogen and oxygen atoms in total. The summed E-state index contributed by atoms with van der Waals surface area (Å²) in [6, 6.07) is 9.68. The van der Waals surface area contributed by atoms with Gasteiger partial charge in [0.1, 0.15) is 0 Å². The summed E-state index contributed by atoms with van der Waals surface area (Å²) in [6.45, 7) is 4.31. The van der Waals surface area contributed by atoms with Gasteiger partial charge in [0, 0.05) is 5.57 Å². The summed E-state index contributed by atoms with van der Waals surface area (Å²) in [4.78, 5) is 11.4. The summed E-state index contributed by atoms with van der Waals surface area (Å²) in [5.41, 5.74) is 1.49. The highest BCUT2D eigenvalue weighted by Gasteiger charge is 2.14. The van der Waals surface area contributed by atoms with Gasteiger partial charge in [-0.25, -0.2) is 4.79 Å². The van der Waals surface area contributed by atoms with Gasteiger partial charge in [-0.05, 0) is 24.0 Å². The Kier molecular flexibility index (Phi) is 6.94. The lowest BCUT2D eigenvalue weighted by molar-refractivity contribution is -0.132. The summed E-state index contributed by atoms with van der Waals surface area (Å²) in [7, 11) is 0. The number of carbonyl (C=O) groups is 1. The second-order valence-corrected chi connectivity index (χ2v) is 5.01. The molecule has 2 heteroatoms. The van der Waals surface area contributed by atoms with E-state index < -0.39 is 5.97 Å². The molecule has 0 aliphatic heterocycles. The summed E-state index contributed by atoms with van der Waals surface area (Å²) < 4.78 is 0. The number of carboxylic acids is 1. The highest BCUT2D eigenvalue weighted by atomic mass is 16.4. The molecule has 0 aliphatic rings. The van der Waals surface area contributed by atoms with Crippen LogP contribution in [0.4, 0.5) is 0 Å². The predicted octanol–water partition coefficient (Wildman–Crippen LogP) is 4.76. The molecule has 0 radical (unpaired) electrons. The maximum atomic E-state index is 11.4. The first-order chi connectivity index (χ1) is 9.17. The molecule has 1 aromatic rings. The van der Waals surface area contributed by atoms with Gasteiger partial charge in [-0.1, -0.05) is 69.9 Å². The standard InChI is InChI=1S/C17H24O2/c1-3-5-9-14(4-2)12-16(17(18)19)13-15-10-7-6-8-11-15/h6-8,10-11,13-14H,3-5,9,12H2,1-2H3,(H,18,19). The molecule has 0 aromatic heterocycles. The molecular formula is C17H24O2. The summed E-state index contributed by atoms with van der Waals surface area (Å²) in [5.74, 6) is -0.315. The summed E-state index contributed by atoms with van der Waals surface area (Å²) in [6.07, 6.45) is 6.97. The van der Waals surface area contributed by atoms with Crippen molar-refractivity contribution in [3.63, 3.8) is 0 Å². The van der Waals surface area contributed by atoms with Crippen LogP contribution < -0.4 is 0 Å². The van der Waals surface area contributed by atoms with Crippen LogP contribution in [0.1, 0.15) is 51.5 Å². The number of carboxylic acid groups (broad SMARTS) is 1. The minimum absolute atomic E-state index is 0.478. The molecule has 0 spiro atoms. The molecule has 0 saturated heterocycles. The molecule has 0 heterocycles. The van der Waals surface area contributed by atoms with Gasteiger partial charge in [0.05, 0.1) is 0 Å². The number of hydrogen-bond acceptors (Lipinski definition) is 1. The Morgan fingerprint density at radius 1 is 1.26 bits per heavy atom. The van der Waals surface area contributed by atoms with Crippen molar-refractivity contribution in [1.82, 2.24) is 0 Å². The Morgan fingerprint density at radius 2 is 1.95 bits per heavy atom. The van der Waals surface area contributed by atoms with Crippen molar-refractivity contribution in [1.29, 1.82) is 0 Å². The quantitative estimate of drug-likeness (QED) is 0.684. The van der Waals surface area contributed by atoms with E-state index in [-0.39, 0.29) is 0 Å². The van der Waals surface area contributed by atoms with Crippen LogP contribution in [0.2, 0.25) is 0 Å². The molecule has 1 rings (SSSR count). The van der Waals surface area contributed by atoms with Crippen molar-refractivity contribution in [2.24, 2.45) is 5.92 Å². The molecule has 0 bridgehead atoms. The fraction of sp³-hybridized carbons (Fsp3) is 0.471. The number of aliphatic carboxylic acids is 1. The summed E-state index contributed by atoms with van der Waals surface area (Å²) >= 11 is 0. The normalized spacial score (nSPS) is 13.3. The average molecular weight is 260 g/mol. The minimum atomic E-state index is -0.793. The minimum Gasteiger partial charge on any atom is -0.478 e. The summed E-state index contributed by atoms with van der Waals surface area (Å²) in [5, 5.41) is 9.34. The first-order valence-corrected chi connectivity index (χ1v) is 7.16. The van der Waals surface area contributed by atoms with Crippen molar-refractivity contribution in [2.75, 3.05) is 0 Å². The van der Waals surface area contributed by atoms with E-state index in [1.165, 1.54) is 12.8 Å². The lowest BCUT2D eigenvalue weighted by atomic mass is 9.91. The second-order valence-electron chi connectivity index (χ2n) is 5.01. The predicted molar refractivity (Wildman–Crippen MR) is 80.0 cm³/mol. The van der Waals surface area contributed by atoms with Crippen LogP contribution in [-0.4, -0.2) is 11.1 Å². The average Bonchev–Trinajstić information content (AvgIpc) is 2.43. The van der Waals surface area contributed by atoms with Crippen LogP contribution in [0.3, 0.4) is 0 Å². The van der Waals surface area contributed by atoms with E-state index >= 15 is 0 Å². The van der Waals surface area contributed by atoms with Crippen LogP contribution in [0.15, 0.2) is 35.9 Å². The first kappa shape index (κ1) is 15.5. The molecule has 0 amide bonds. The topological polar surface area (TPSA) is 37.3 Å². The van der Waals surface area contributed by atoms with Gasteiger partial charge < -0.3 is 5.11 Å². The molecule has 1 aromatic carbocycles. The number of benzene rings is 1. The zero-order valence-electron chi connectivity index (χ0n) is 11.9. The highest BCUT2D eigenvalue weighted by Crippen LogP contribution is 2.23. The highest BCUT2D eigenvalue weighted by molar-refractivity contribution is 5.92. The van der Waals surface area contributed by atoms with E-state index in [4.69, 9.17) is 0 Å². The Hall–Kier alpha value is -1.57. The van der Waals surface area contributed by atoms with E-state index in [0.717, 1.165) is 18.4 Å². The van der Waals surface area contributed by atoms with Crippen LogP contribution in [0.5, 0.6) is 0 Å². The largest absolute Gasteiger partial charge is 0.478 e. The first-order valence-electron chi connectivity index (χ1n) is 7.16. The van der Waals surface area contributed by atoms with Crippen molar-refractivity contribution in [2.45, 2.75) is 46.0 Å². The SMILES string of the molecule is CCCCC(CC)CC(=Cc1ccccc1)C(=O)O. The molecule has 1 N–H and O–H groups in total. The molecule has 19 heavy (non-hydrogen) atoms. The van der Waals surface area contributed by atoms with Gasteiger partial charge in [-0.2, -0.15) is 0 Å². The lowest BCUT2D eigenvalue weighted by Crippen LogP contribution is -2.08. The van der Waals surface area contributed by atoms with Gasteiger partial charge >= 0.3 is 5.97 Å². The molecule has 104 valence electrons. The van der Waals surface area contributed by atoms with Gasteiger partial charge in [-0.3, -0.25) is 0 Å². The van der Waals surface area contributed by atoms with Crippen LogP contribution in [-0.2, 0) is 4.79 Å². The van der Waals surface area contributed by atoms with Gasteiger partial charge in [0.2, 0.25) is 0 Å². The van der Waals surface area contributed by atoms with E-state index in [0.29, 0.717) is 17.9 Å². The molecule has 0 saturated carbocycles. The molecule has 0 aliphatic carbocycles. The molecular weight excluding hydrogens is 236 g/mol. The maximum Gasteiger partial charge on any atom is 0.331 e. The van der Waals surface area contributed by atoms with E-state index in [2.05, 4.69) is 13.8 Å². The Balaban J connectivity index is 2.77. The molecule has 1 atom stereocenters. The van der Waals surface area contributed by atoms with Crippen molar-refractivity contribution in [3.05, 3.63) is 41.5 Å². The molecule has 0 fully saturated rings. The van der Waals surface area contributed by atoms with Crippen molar-refractivity contribution < 1.29 is 9.90 Å². The Labute approximate surface area is 116 Å². The van der Waals surface area contributed by atoms with Gasteiger partial charge in [0.25, 0.3) is 0 Å². The van der Waals surface area contributed by atoms with Gasteiger partial charge in [0.15, 0.2) is 0 Å². The fourth-order valence-corrected chi connectivity index (χ4v) is 2.21. The lowest BCUT2D eigenvalue weighted by Gasteiger charge is -2.14. The third-order valence-electron chi connectivity index (χ3n) is 3.47. The smallest absolute Gasteiger partial charge is 0.331 e. The van der Waals surface area contributed by atoms with Crippen LogP contribution in [0.25, 0.3) is 6.08 Å². The monoisotopic (exact) mass is 260 g/mol. The van der Waals surface area contributed by atoms with Gasteiger partial charge in [-0.15, -0.1) is 0 Å². The number of unbranched alkanes of at least 4 members (excludes halogenated alkanes) is 1. The van der Waals surface area contributed by atoms with E-state index in [1.54, 1.807) is 6.08 Å². The van der Waals surface area contributed by atoms with Crippen molar-refractivity contribution in [3.8, 4) is 0 Å². The number of rotatable bonds is 8.